The minimum Gasteiger partial charge on any atom is -0.388 e. The number of halogens is 3. The van der Waals surface area contributed by atoms with Crippen molar-refractivity contribution in [1.82, 2.24) is 29.4 Å². The summed E-state index contributed by atoms with van der Waals surface area (Å²) in [6.07, 6.45) is 4.30. The fourth-order valence-corrected chi connectivity index (χ4v) is 5.70. The lowest BCUT2D eigenvalue weighted by atomic mass is 10.2. The second-order valence-corrected chi connectivity index (χ2v) is 11.4. The molecule has 2 saturated carbocycles. The predicted octanol–water partition coefficient (Wildman–Crippen LogP) is 5.28. The summed E-state index contributed by atoms with van der Waals surface area (Å²) in [5.74, 6) is 1.53. The highest BCUT2D eigenvalue weighted by Crippen LogP contribution is 2.37. The molecule has 0 spiro atoms. The number of aromatic nitrogens is 5. The average molecular weight is 572 g/mol. The number of aliphatic hydroxyl groups is 1. The van der Waals surface area contributed by atoms with Crippen molar-refractivity contribution in [1.29, 1.82) is 0 Å². The molecule has 3 aromatic heterocycles. The van der Waals surface area contributed by atoms with Crippen LogP contribution in [0.5, 0.6) is 0 Å². The molecule has 220 valence electrons. The summed E-state index contributed by atoms with van der Waals surface area (Å²) in [4.78, 5) is 18.5. The average Bonchev–Trinajstić information content (AvgIpc) is 3.33. The zero-order valence-electron chi connectivity index (χ0n) is 23.2. The molecule has 2 aliphatic carbocycles. The Balaban J connectivity index is 0.985. The van der Waals surface area contributed by atoms with Gasteiger partial charge < -0.3 is 24.7 Å². The lowest BCUT2D eigenvalue weighted by Crippen LogP contribution is -2.39. The monoisotopic (exact) mass is 571 g/mol. The number of nitrogens with one attached hydrogen (secondary N) is 2. The number of unbranched alkanes of at least 4 members (excludes halogenated alkanes) is 1. The van der Waals surface area contributed by atoms with Crippen LogP contribution in [0.3, 0.4) is 0 Å². The summed E-state index contributed by atoms with van der Waals surface area (Å²) in [7, 11) is 1.99. The Morgan fingerprint density at radius 1 is 1.17 bits per heavy atom. The molecule has 41 heavy (non-hydrogen) atoms. The van der Waals surface area contributed by atoms with Crippen molar-refractivity contribution < 1.29 is 23.0 Å². The van der Waals surface area contributed by atoms with Gasteiger partial charge >= 0.3 is 6.18 Å². The van der Waals surface area contributed by atoms with E-state index in [2.05, 4.69) is 34.7 Å². The first kappa shape index (κ1) is 27.9. The Hall–Kier alpha value is -3.22. The van der Waals surface area contributed by atoms with Crippen LogP contribution in [0.15, 0.2) is 36.8 Å². The lowest BCUT2D eigenvalue weighted by molar-refractivity contribution is -0.137. The number of benzene rings is 1. The van der Waals surface area contributed by atoms with Gasteiger partial charge in [-0.2, -0.15) is 13.2 Å². The van der Waals surface area contributed by atoms with Gasteiger partial charge in [-0.3, -0.25) is 4.90 Å². The van der Waals surface area contributed by atoms with Gasteiger partial charge in [-0.05, 0) is 76.8 Å². The summed E-state index contributed by atoms with van der Waals surface area (Å²) in [6, 6.07) is 5.97. The number of aliphatic hydroxyl groups excluding tert-OH is 1. The van der Waals surface area contributed by atoms with Gasteiger partial charge in [0.25, 0.3) is 0 Å². The van der Waals surface area contributed by atoms with E-state index in [1.54, 1.807) is 6.33 Å². The molecule has 6 rings (SSSR count). The van der Waals surface area contributed by atoms with E-state index in [9.17, 15) is 18.3 Å². The number of ether oxygens (including phenoxy) is 1. The molecule has 1 aromatic carbocycles. The standard InChI is InChI=1S/C29H36F3N7O2/c1-17(38(2)13-4-3-5-25-36-21-9-6-18(29(30,31)32)15-22(21)37-25)41-24-11-10-23(26(24)40)39-14-12-20-27(35-19-7-8-19)33-16-34-28(20)39/h6,9,12,14-17,19,23-24,26,40H,3-5,7-8,10-11,13H2,1-2H3,(H,36,37)(H,33,34,35)/t17?,23-,24-,26+/m1/s1. The van der Waals surface area contributed by atoms with Gasteiger partial charge in [0.15, 0.2) is 0 Å². The topological polar surface area (TPSA) is 104 Å². The van der Waals surface area contributed by atoms with E-state index in [-0.39, 0.29) is 18.4 Å². The summed E-state index contributed by atoms with van der Waals surface area (Å²) >= 11 is 0. The minimum absolute atomic E-state index is 0.116. The van der Waals surface area contributed by atoms with Crippen LogP contribution >= 0.6 is 0 Å². The Bertz CT molecular complexity index is 1500. The number of anilines is 1. The largest absolute Gasteiger partial charge is 0.416 e. The summed E-state index contributed by atoms with van der Waals surface area (Å²) in [5.41, 5.74) is 1.08. The normalized spacial score (nSPS) is 22.3. The first-order valence-electron chi connectivity index (χ1n) is 14.3. The number of imidazole rings is 1. The van der Waals surface area contributed by atoms with Crippen molar-refractivity contribution in [3.05, 3.63) is 48.2 Å². The highest BCUT2D eigenvalue weighted by atomic mass is 19.4. The SMILES string of the molecule is CC(O[C@@H]1CC[C@@H](n2ccc3c(NC4CC4)ncnc32)[C@@H]1O)N(C)CCCCc1nc2ccc(C(F)(F)F)cc2[nH]1. The molecular weight excluding hydrogens is 535 g/mol. The Kier molecular flexibility index (Phi) is 7.64. The van der Waals surface area contributed by atoms with E-state index >= 15 is 0 Å². The van der Waals surface area contributed by atoms with Crippen LogP contribution in [0.4, 0.5) is 19.0 Å². The van der Waals surface area contributed by atoms with Crippen LogP contribution < -0.4 is 5.32 Å². The quantitative estimate of drug-likeness (QED) is 0.166. The predicted molar refractivity (Wildman–Crippen MR) is 149 cm³/mol. The van der Waals surface area contributed by atoms with Gasteiger partial charge in [0.2, 0.25) is 0 Å². The summed E-state index contributed by atoms with van der Waals surface area (Å²) in [6.45, 7) is 2.77. The molecular formula is C29H36F3N7O2. The van der Waals surface area contributed by atoms with E-state index in [4.69, 9.17) is 4.74 Å². The maximum Gasteiger partial charge on any atom is 0.416 e. The van der Waals surface area contributed by atoms with Crippen LogP contribution in [-0.2, 0) is 17.3 Å². The van der Waals surface area contributed by atoms with Crippen LogP contribution in [0.2, 0.25) is 0 Å². The first-order valence-corrected chi connectivity index (χ1v) is 14.3. The van der Waals surface area contributed by atoms with Gasteiger partial charge in [0.1, 0.15) is 35.9 Å². The van der Waals surface area contributed by atoms with Crippen LogP contribution in [0, 0.1) is 0 Å². The third kappa shape index (κ3) is 6.05. The third-order valence-corrected chi connectivity index (χ3v) is 8.33. The van der Waals surface area contributed by atoms with Crippen LogP contribution in [0.25, 0.3) is 22.1 Å². The maximum atomic E-state index is 13.0. The number of alkyl halides is 3. The molecule has 3 heterocycles. The van der Waals surface area contributed by atoms with E-state index in [1.807, 2.05) is 26.2 Å². The Labute approximate surface area is 236 Å². The van der Waals surface area contributed by atoms with Crippen LogP contribution in [-0.4, -0.2) is 72.6 Å². The van der Waals surface area contributed by atoms with E-state index in [0.29, 0.717) is 29.3 Å². The number of H-pyrrole nitrogens is 1. The van der Waals surface area contributed by atoms with Crippen molar-refractivity contribution >= 4 is 27.9 Å². The molecule has 0 aliphatic heterocycles. The lowest BCUT2D eigenvalue weighted by Gasteiger charge is -2.29. The number of hydrogen-bond acceptors (Lipinski definition) is 7. The number of aromatic amines is 1. The smallest absolute Gasteiger partial charge is 0.388 e. The fourth-order valence-electron chi connectivity index (χ4n) is 5.70. The molecule has 1 unspecified atom stereocenters. The fraction of sp³-hybridized carbons (Fsp3) is 0.552. The van der Waals surface area contributed by atoms with Crippen LogP contribution in [0.1, 0.15) is 62.9 Å². The third-order valence-electron chi connectivity index (χ3n) is 8.33. The van der Waals surface area contributed by atoms with Crippen molar-refractivity contribution in [2.75, 3.05) is 18.9 Å². The molecule has 0 amide bonds. The molecule has 12 heteroatoms. The van der Waals surface area contributed by atoms with Crippen molar-refractivity contribution in [3.63, 3.8) is 0 Å². The molecule has 0 bridgehead atoms. The van der Waals surface area contributed by atoms with E-state index in [1.165, 1.54) is 6.07 Å². The first-order chi connectivity index (χ1) is 19.7. The number of fused-ring (bicyclic) bond motifs is 2. The van der Waals surface area contributed by atoms with Crippen molar-refractivity contribution in [2.45, 2.75) is 88.6 Å². The molecule has 0 saturated heterocycles. The second-order valence-electron chi connectivity index (χ2n) is 11.4. The molecule has 4 atom stereocenters. The van der Waals surface area contributed by atoms with E-state index < -0.39 is 17.8 Å². The van der Waals surface area contributed by atoms with Gasteiger partial charge in [-0.15, -0.1) is 0 Å². The molecule has 2 aliphatic rings. The number of hydrogen-bond donors (Lipinski definition) is 3. The number of nitrogens with zero attached hydrogens (tertiary/aromatic N) is 5. The highest BCUT2D eigenvalue weighted by molar-refractivity contribution is 5.87. The number of aryl methyl sites for hydroxylation is 1. The van der Waals surface area contributed by atoms with Crippen molar-refractivity contribution in [2.24, 2.45) is 0 Å². The summed E-state index contributed by atoms with van der Waals surface area (Å²) < 4.78 is 47.3. The molecule has 2 fully saturated rings. The minimum atomic E-state index is -4.37. The zero-order valence-corrected chi connectivity index (χ0v) is 23.2. The summed E-state index contributed by atoms with van der Waals surface area (Å²) in [5, 5.41) is 15.6. The van der Waals surface area contributed by atoms with Gasteiger partial charge in [0, 0.05) is 25.2 Å². The van der Waals surface area contributed by atoms with Crippen molar-refractivity contribution in [3.8, 4) is 0 Å². The van der Waals surface area contributed by atoms with Gasteiger partial charge in [-0.1, -0.05) is 0 Å². The van der Waals surface area contributed by atoms with Gasteiger partial charge in [-0.25, -0.2) is 15.0 Å². The second kappa shape index (κ2) is 11.2. The maximum absolute atomic E-state index is 13.0. The number of rotatable bonds is 11. The Morgan fingerprint density at radius 3 is 2.78 bits per heavy atom. The molecule has 9 nitrogen and oxygen atoms in total. The zero-order chi connectivity index (χ0) is 28.7. The Morgan fingerprint density at radius 2 is 2.00 bits per heavy atom. The highest BCUT2D eigenvalue weighted by Gasteiger charge is 2.38. The molecule has 0 radical (unpaired) electrons. The molecule has 3 N–H and O–H groups in total. The molecule has 4 aromatic rings. The van der Waals surface area contributed by atoms with E-state index in [0.717, 1.165) is 74.1 Å². The van der Waals surface area contributed by atoms with Gasteiger partial charge in [0.05, 0.1) is 34.1 Å².